The van der Waals surface area contributed by atoms with Gasteiger partial charge in [0, 0.05) is 16.8 Å². The number of nitrogens with two attached hydrogens (primary N) is 1. The first kappa shape index (κ1) is 22.0. The Bertz CT molecular complexity index is 1260. The monoisotopic (exact) mass is 518 g/mol. The Balaban J connectivity index is 1.76. The summed E-state index contributed by atoms with van der Waals surface area (Å²) in [7, 11) is 1.49. The van der Waals surface area contributed by atoms with Crippen molar-refractivity contribution in [1.29, 1.82) is 5.26 Å². The molecule has 0 radical (unpaired) electrons. The van der Waals surface area contributed by atoms with Crippen LogP contribution in [-0.4, -0.2) is 17.3 Å². The molecule has 1 aliphatic heterocycles. The topological polar surface area (TPSA) is 106 Å². The number of nitrogens with one attached hydrogen (secondary N) is 1. The highest BCUT2D eigenvalue weighted by Crippen LogP contribution is 2.46. The van der Waals surface area contributed by atoms with Gasteiger partial charge in [-0.15, -0.1) is 5.10 Å². The zero-order chi connectivity index (χ0) is 23.0. The van der Waals surface area contributed by atoms with Gasteiger partial charge in [-0.1, -0.05) is 17.7 Å². The van der Waals surface area contributed by atoms with Crippen LogP contribution in [0.4, 0.5) is 4.39 Å². The fourth-order valence-corrected chi connectivity index (χ4v) is 4.38. The second-order valence-electron chi connectivity index (χ2n) is 7.02. The van der Waals surface area contributed by atoms with Crippen molar-refractivity contribution in [3.63, 3.8) is 0 Å². The van der Waals surface area contributed by atoms with Crippen LogP contribution in [0.3, 0.4) is 0 Å². The third kappa shape index (κ3) is 3.76. The summed E-state index contributed by atoms with van der Waals surface area (Å²) in [6, 6.07) is 10.1. The molecule has 7 nitrogen and oxygen atoms in total. The number of allylic oxidation sites excluding steroid dienone is 1. The van der Waals surface area contributed by atoms with Gasteiger partial charge in [-0.3, -0.25) is 5.10 Å². The van der Waals surface area contributed by atoms with Crippen molar-refractivity contribution in [3.8, 4) is 23.4 Å². The number of methoxy groups -OCH3 is 1. The van der Waals surface area contributed by atoms with Crippen molar-refractivity contribution in [1.82, 2.24) is 10.2 Å². The molecule has 1 aromatic heterocycles. The van der Waals surface area contributed by atoms with Crippen LogP contribution in [0.2, 0.25) is 5.02 Å². The summed E-state index contributed by atoms with van der Waals surface area (Å²) in [5.74, 6) is 0.0558. The first-order valence-corrected chi connectivity index (χ1v) is 10.6. The van der Waals surface area contributed by atoms with Crippen LogP contribution in [-0.2, 0) is 6.61 Å². The molecule has 0 fully saturated rings. The van der Waals surface area contributed by atoms with Gasteiger partial charge in [0.2, 0.25) is 11.8 Å². The summed E-state index contributed by atoms with van der Waals surface area (Å²) >= 11 is 9.61. The first-order valence-electron chi connectivity index (χ1n) is 9.41. The molecule has 0 aliphatic carbocycles. The van der Waals surface area contributed by atoms with E-state index in [1.807, 2.05) is 6.92 Å². The average molecular weight is 520 g/mol. The summed E-state index contributed by atoms with van der Waals surface area (Å²) in [6.07, 6.45) is 0. The number of ether oxygens (including phenoxy) is 3. The van der Waals surface area contributed by atoms with Crippen molar-refractivity contribution in [3.05, 3.63) is 79.5 Å². The second kappa shape index (κ2) is 8.73. The molecule has 164 valence electrons. The number of hydrogen-bond donors (Lipinski definition) is 2. The highest BCUT2D eigenvalue weighted by molar-refractivity contribution is 9.10. The van der Waals surface area contributed by atoms with Gasteiger partial charge in [0.25, 0.3) is 0 Å². The molecule has 32 heavy (non-hydrogen) atoms. The van der Waals surface area contributed by atoms with Crippen LogP contribution in [0, 0.1) is 24.1 Å². The Kier molecular flexibility index (Phi) is 6.00. The summed E-state index contributed by atoms with van der Waals surface area (Å²) in [5.41, 5.74) is 8.63. The van der Waals surface area contributed by atoms with Gasteiger partial charge in [-0.25, -0.2) is 4.39 Å². The van der Waals surface area contributed by atoms with Crippen LogP contribution in [0.25, 0.3) is 0 Å². The van der Waals surface area contributed by atoms with E-state index in [0.29, 0.717) is 33.0 Å². The number of H-pyrrole nitrogens is 1. The van der Waals surface area contributed by atoms with Gasteiger partial charge < -0.3 is 19.9 Å². The molecule has 0 amide bonds. The van der Waals surface area contributed by atoms with E-state index in [1.165, 1.54) is 19.2 Å². The SMILES string of the molecule is COc1cc(C2C(C#N)=C(N)Oc3n[nH]c(C)c32)cc(Br)c1OCc1c(F)cccc1Cl. The number of aromatic nitrogens is 2. The lowest BCUT2D eigenvalue weighted by Gasteiger charge is -2.25. The Morgan fingerprint density at radius 3 is 2.88 bits per heavy atom. The van der Waals surface area contributed by atoms with Gasteiger partial charge in [0.15, 0.2) is 11.5 Å². The van der Waals surface area contributed by atoms with Crippen LogP contribution in [0.15, 0.2) is 46.3 Å². The van der Waals surface area contributed by atoms with Crippen molar-refractivity contribution in [2.75, 3.05) is 7.11 Å². The van der Waals surface area contributed by atoms with Crippen LogP contribution >= 0.6 is 27.5 Å². The zero-order valence-corrected chi connectivity index (χ0v) is 19.3. The Labute approximate surface area is 196 Å². The van der Waals surface area contributed by atoms with Gasteiger partial charge in [0.1, 0.15) is 24.1 Å². The fourth-order valence-electron chi connectivity index (χ4n) is 3.59. The largest absolute Gasteiger partial charge is 0.493 e. The number of rotatable bonds is 5. The molecule has 0 spiro atoms. The Hall–Kier alpha value is -3.22. The van der Waals surface area contributed by atoms with Gasteiger partial charge in [-0.05, 0) is 52.7 Å². The zero-order valence-electron chi connectivity index (χ0n) is 17.0. The van der Waals surface area contributed by atoms with E-state index in [-0.39, 0.29) is 28.6 Å². The van der Waals surface area contributed by atoms with Gasteiger partial charge in [-0.2, -0.15) is 5.26 Å². The molecule has 4 rings (SSSR count). The van der Waals surface area contributed by atoms with Crippen molar-refractivity contribution in [2.45, 2.75) is 19.4 Å². The number of aryl methyl sites for hydroxylation is 1. The summed E-state index contributed by atoms with van der Waals surface area (Å²) in [5, 5.41) is 17.0. The van der Waals surface area contributed by atoms with E-state index < -0.39 is 11.7 Å². The lowest BCUT2D eigenvalue weighted by molar-refractivity contribution is 0.277. The van der Waals surface area contributed by atoms with Crippen LogP contribution in [0.5, 0.6) is 17.4 Å². The van der Waals surface area contributed by atoms with E-state index in [4.69, 9.17) is 31.5 Å². The molecule has 1 atom stereocenters. The quantitative estimate of drug-likeness (QED) is 0.487. The fraction of sp³-hybridized carbons (Fsp3) is 0.182. The van der Waals surface area contributed by atoms with Crippen LogP contribution < -0.4 is 19.9 Å². The van der Waals surface area contributed by atoms with E-state index in [0.717, 1.165) is 5.69 Å². The maximum Gasteiger partial charge on any atom is 0.244 e. The number of fused-ring (bicyclic) bond motifs is 1. The molecular weight excluding hydrogens is 503 g/mol. The first-order chi connectivity index (χ1) is 15.3. The predicted octanol–water partition coefficient (Wildman–Crippen LogP) is 5.08. The van der Waals surface area contributed by atoms with E-state index in [1.54, 1.807) is 18.2 Å². The summed E-state index contributed by atoms with van der Waals surface area (Å²) in [6.45, 7) is 1.74. The molecule has 10 heteroatoms. The molecule has 1 unspecified atom stereocenters. The molecule has 0 saturated carbocycles. The second-order valence-corrected chi connectivity index (χ2v) is 8.28. The summed E-state index contributed by atoms with van der Waals surface area (Å²) < 4.78 is 31.6. The minimum absolute atomic E-state index is 0.0129. The number of nitriles is 1. The normalized spacial score (nSPS) is 15.1. The number of halogens is 3. The highest BCUT2D eigenvalue weighted by Gasteiger charge is 2.35. The van der Waals surface area contributed by atoms with Crippen LogP contribution in [0.1, 0.15) is 28.3 Å². The number of nitrogens with zero attached hydrogens (tertiary/aromatic N) is 2. The molecule has 3 N–H and O–H groups in total. The van der Waals surface area contributed by atoms with Crippen molar-refractivity contribution >= 4 is 27.5 Å². The predicted molar refractivity (Wildman–Crippen MR) is 119 cm³/mol. The molecule has 2 aromatic carbocycles. The summed E-state index contributed by atoms with van der Waals surface area (Å²) in [4.78, 5) is 0. The molecular formula is C22H17BrClFN4O3. The smallest absolute Gasteiger partial charge is 0.244 e. The maximum atomic E-state index is 14.1. The minimum Gasteiger partial charge on any atom is -0.493 e. The Morgan fingerprint density at radius 2 is 2.19 bits per heavy atom. The third-order valence-electron chi connectivity index (χ3n) is 5.14. The molecule has 2 heterocycles. The Morgan fingerprint density at radius 1 is 1.41 bits per heavy atom. The van der Waals surface area contributed by atoms with E-state index in [2.05, 4.69) is 32.2 Å². The van der Waals surface area contributed by atoms with Gasteiger partial charge in [0.05, 0.1) is 22.5 Å². The lowest BCUT2D eigenvalue weighted by atomic mass is 9.84. The molecule has 1 aliphatic rings. The number of benzene rings is 2. The molecule has 3 aromatic rings. The van der Waals surface area contributed by atoms with Gasteiger partial charge >= 0.3 is 0 Å². The number of aromatic amines is 1. The van der Waals surface area contributed by atoms with Crippen molar-refractivity contribution < 1.29 is 18.6 Å². The lowest BCUT2D eigenvalue weighted by Crippen LogP contribution is -2.21. The third-order valence-corrected chi connectivity index (χ3v) is 6.08. The van der Waals surface area contributed by atoms with E-state index >= 15 is 0 Å². The van der Waals surface area contributed by atoms with E-state index in [9.17, 15) is 9.65 Å². The molecule has 0 saturated heterocycles. The van der Waals surface area contributed by atoms with Crippen molar-refractivity contribution in [2.24, 2.45) is 5.73 Å². The maximum absolute atomic E-state index is 14.1. The standard InChI is InChI=1S/C22H17BrClFN4O3/c1-10-18-19(12(8-26)21(27)32-22(18)29-28-10)11-6-14(23)20(17(7-11)30-2)31-9-13-15(24)4-3-5-16(13)25/h3-7,19H,9,27H2,1-2H3,(H,28,29). The average Bonchev–Trinajstić information content (AvgIpc) is 3.12. The highest BCUT2D eigenvalue weighted by atomic mass is 79.9. The minimum atomic E-state index is -0.525. The number of hydrogen-bond acceptors (Lipinski definition) is 6. The molecule has 0 bridgehead atoms.